The molecule has 0 aromatic carbocycles. The summed E-state index contributed by atoms with van der Waals surface area (Å²) in [5.41, 5.74) is 2.03. The van der Waals surface area contributed by atoms with Crippen molar-refractivity contribution in [3.63, 3.8) is 0 Å². The van der Waals surface area contributed by atoms with E-state index in [0.29, 0.717) is 0 Å². The van der Waals surface area contributed by atoms with E-state index < -0.39 is 24.6 Å². The van der Waals surface area contributed by atoms with Crippen LogP contribution in [0.2, 0.25) is 0 Å². The molecule has 0 heterocycles. The van der Waals surface area contributed by atoms with Gasteiger partial charge in [0.15, 0.2) is 6.61 Å². The summed E-state index contributed by atoms with van der Waals surface area (Å²) < 4.78 is 0. The molecule has 0 aliphatic rings. The van der Waals surface area contributed by atoms with E-state index in [0.717, 1.165) is 0 Å². The molecule has 6 heteroatoms. The predicted molar refractivity (Wildman–Crippen MR) is 33.8 cm³/mol. The molecule has 1 unspecified atom stereocenters. The van der Waals surface area contributed by atoms with Crippen LogP contribution in [0.3, 0.4) is 0 Å². The van der Waals surface area contributed by atoms with Gasteiger partial charge in [0.2, 0.25) is 0 Å². The van der Waals surface area contributed by atoms with Crippen LogP contribution in [0.1, 0.15) is 6.92 Å². The fourth-order valence-electron chi connectivity index (χ4n) is 0.279. The number of aliphatic carboxylic acids is 2. The maximum atomic E-state index is 10.1. The lowest BCUT2D eigenvalue weighted by Gasteiger charge is -2.06. The predicted octanol–water partition coefficient (Wildman–Crippen LogP) is -0.935. The van der Waals surface area contributed by atoms with E-state index in [9.17, 15) is 9.59 Å². The minimum absolute atomic E-state index is 0.558. The lowest BCUT2D eigenvalue weighted by molar-refractivity contribution is -0.152. The molecule has 0 saturated heterocycles. The Kier molecular flexibility index (Phi) is 4.16. The molecule has 6 nitrogen and oxygen atoms in total. The molecule has 0 aromatic rings. The van der Waals surface area contributed by atoms with Gasteiger partial charge < -0.3 is 10.2 Å². The molecule has 1 atom stereocenters. The molecule has 0 aliphatic heterocycles. The summed E-state index contributed by atoms with van der Waals surface area (Å²) in [5.74, 6) is -2.26. The van der Waals surface area contributed by atoms with Crippen molar-refractivity contribution >= 4 is 11.9 Å². The molecule has 0 aromatic heterocycles. The highest BCUT2D eigenvalue weighted by Crippen LogP contribution is 1.80. The van der Waals surface area contributed by atoms with Crippen molar-refractivity contribution in [2.75, 3.05) is 6.61 Å². The van der Waals surface area contributed by atoms with Crippen LogP contribution < -0.4 is 5.48 Å². The topological polar surface area (TPSA) is 95.9 Å². The smallest absolute Gasteiger partial charge is 0.331 e. The van der Waals surface area contributed by atoms with Gasteiger partial charge >= 0.3 is 11.9 Å². The van der Waals surface area contributed by atoms with Gasteiger partial charge in [-0.05, 0) is 6.92 Å². The average molecular weight is 163 g/mol. The van der Waals surface area contributed by atoms with E-state index in [4.69, 9.17) is 10.2 Å². The average Bonchev–Trinajstić information content (AvgIpc) is 1.86. The van der Waals surface area contributed by atoms with Crippen LogP contribution in [0, 0.1) is 0 Å². The Bertz CT molecular complexity index is 157. The minimum Gasteiger partial charge on any atom is -0.480 e. The molecular formula is C5H9NO5. The van der Waals surface area contributed by atoms with Gasteiger partial charge in [0.05, 0.1) is 0 Å². The largest absolute Gasteiger partial charge is 0.480 e. The van der Waals surface area contributed by atoms with E-state index in [1.165, 1.54) is 6.92 Å². The van der Waals surface area contributed by atoms with E-state index in [1.54, 1.807) is 0 Å². The number of hydrogen-bond acceptors (Lipinski definition) is 4. The third kappa shape index (κ3) is 5.31. The number of carboxylic acids is 2. The van der Waals surface area contributed by atoms with Gasteiger partial charge in [0.25, 0.3) is 0 Å². The molecule has 3 N–H and O–H groups in total. The molecule has 0 aliphatic carbocycles. The van der Waals surface area contributed by atoms with Crippen molar-refractivity contribution in [2.24, 2.45) is 0 Å². The summed E-state index contributed by atoms with van der Waals surface area (Å²) in [6.45, 7) is 0.780. The van der Waals surface area contributed by atoms with Gasteiger partial charge in [0, 0.05) is 0 Å². The third-order valence-electron chi connectivity index (χ3n) is 0.826. The Labute approximate surface area is 62.7 Å². The Morgan fingerprint density at radius 1 is 1.55 bits per heavy atom. The first-order chi connectivity index (χ1) is 5.04. The summed E-state index contributed by atoms with van der Waals surface area (Å²) in [6, 6.07) is -0.908. The summed E-state index contributed by atoms with van der Waals surface area (Å²) in [7, 11) is 0. The maximum Gasteiger partial charge on any atom is 0.331 e. The van der Waals surface area contributed by atoms with Crippen LogP contribution in [-0.4, -0.2) is 34.8 Å². The maximum absolute atomic E-state index is 10.1. The van der Waals surface area contributed by atoms with Gasteiger partial charge in [-0.15, -0.1) is 0 Å². The zero-order valence-electron chi connectivity index (χ0n) is 5.90. The number of nitrogens with one attached hydrogen (secondary N) is 1. The first-order valence-electron chi connectivity index (χ1n) is 2.86. The lowest BCUT2D eigenvalue weighted by atomic mass is 10.4. The zero-order valence-corrected chi connectivity index (χ0v) is 5.90. The molecule has 0 radical (unpaired) electrons. The standard InChI is InChI=1S/C5H9NO5/c1-3(5(9)10)6-11-2-4(7)8/h3,6H,2H2,1H3,(H,7,8)(H,9,10). The number of hydrogen-bond donors (Lipinski definition) is 3. The lowest BCUT2D eigenvalue weighted by Crippen LogP contribution is -2.35. The number of carbonyl (C=O) groups is 2. The van der Waals surface area contributed by atoms with E-state index in [-0.39, 0.29) is 0 Å². The Hall–Kier alpha value is -1.14. The SMILES string of the molecule is CC(NOCC(=O)O)C(=O)O. The summed E-state index contributed by atoms with van der Waals surface area (Å²) in [6.07, 6.45) is 0. The second kappa shape index (κ2) is 4.64. The quantitative estimate of drug-likeness (QED) is 0.453. The van der Waals surface area contributed by atoms with Crippen molar-refractivity contribution in [3.05, 3.63) is 0 Å². The monoisotopic (exact) mass is 163 g/mol. The molecule has 11 heavy (non-hydrogen) atoms. The summed E-state index contributed by atoms with van der Waals surface area (Å²) >= 11 is 0. The molecule has 0 rings (SSSR count). The summed E-state index contributed by atoms with van der Waals surface area (Å²) in [5, 5.41) is 16.3. The van der Waals surface area contributed by atoms with Gasteiger partial charge in [0.1, 0.15) is 6.04 Å². The highest BCUT2D eigenvalue weighted by Gasteiger charge is 2.09. The van der Waals surface area contributed by atoms with Crippen LogP contribution in [0.4, 0.5) is 0 Å². The van der Waals surface area contributed by atoms with Crippen LogP contribution >= 0.6 is 0 Å². The number of carboxylic acid groups (broad SMARTS) is 2. The second-order valence-electron chi connectivity index (χ2n) is 1.86. The van der Waals surface area contributed by atoms with Crippen molar-refractivity contribution in [3.8, 4) is 0 Å². The molecule has 64 valence electrons. The molecular weight excluding hydrogens is 154 g/mol. The van der Waals surface area contributed by atoms with Crippen LogP contribution in [0.25, 0.3) is 0 Å². The Balaban J connectivity index is 3.39. The van der Waals surface area contributed by atoms with E-state index in [1.807, 2.05) is 5.48 Å². The first-order valence-corrected chi connectivity index (χ1v) is 2.86. The highest BCUT2D eigenvalue weighted by atomic mass is 16.7. The number of rotatable bonds is 5. The molecule has 0 fully saturated rings. The molecule has 0 bridgehead atoms. The fraction of sp³-hybridized carbons (Fsp3) is 0.600. The second-order valence-corrected chi connectivity index (χ2v) is 1.86. The number of hydroxylamine groups is 1. The Morgan fingerprint density at radius 3 is 2.45 bits per heavy atom. The van der Waals surface area contributed by atoms with Crippen molar-refractivity contribution in [2.45, 2.75) is 13.0 Å². The van der Waals surface area contributed by atoms with Crippen molar-refractivity contribution in [1.29, 1.82) is 0 Å². The first kappa shape index (κ1) is 9.86. The molecule has 0 saturated carbocycles. The molecule has 0 spiro atoms. The van der Waals surface area contributed by atoms with Gasteiger partial charge in [-0.3, -0.25) is 9.63 Å². The van der Waals surface area contributed by atoms with Crippen LogP contribution in [-0.2, 0) is 14.4 Å². The van der Waals surface area contributed by atoms with Gasteiger partial charge in [-0.2, -0.15) is 5.48 Å². The van der Waals surface area contributed by atoms with Crippen LogP contribution in [0.5, 0.6) is 0 Å². The summed E-state index contributed by atoms with van der Waals surface area (Å²) in [4.78, 5) is 24.2. The van der Waals surface area contributed by atoms with Crippen LogP contribution in [0.15, 0.2) is 0 Å². The van der Waals surface area contributed by atoms with Gasteiger partial charge in [-0.25, -0.2) is 4.79 Å². The minimum atomic E-state index is -1.16. The zero-order chi connectivity index (χ0) is 8.85. The van der Waals surface area contributed by atoms with E-state index in [2.05, 4.69) is 4.84 Å². The third-order valence-corrected chi connectivity index (χ3v) is 0.826. The Morgan fingerprint density at radius 2 is 2.09 bits per heavy atom. The van der Waals surface area contributed by atoms with Gasteiger partial charge in [-0.1, -0.05) is 0 Å². The molecule has 0 amide bonds. The highest BCUT2D eigenvalue weighted by molar-refractivity contribution is 5.72. The van der Waals surface area contributed by atoms with E-state index >= 15 is 0 Å². The van der Waals surface area contributed by atoms with Crippen molar-refractivity contribution in [1.82, 2.24) is 5.48 Å². The normalized spacial score (nSPS) is 12.5. The fourth-order valence-corrected chi connectivity index (χ4v) is 0.279. The van der Waals surface area contributed by atoms with Crippen molar-refractivity contribution < 1.29 is 24.6 Å².